The van der Waals surface area contributed by atoms with E-state index in [1.807, 2.05) is 12.1 Å². The Kier molecular flexibility index (Phi) is 4.98. The normalized spacial score (nSPS) is 10.2. The van der Waals surface area contributed by atoms with E-state index in [4.69, 9.17) is 4.74 Å². The highest BCUT2D eigenvalue weighted by Gasteiger charge is 2.13. The summed E-state index contributed by atoms with van der Waals surface area (Å²) in [7, 11) is 1.48. The van der Waals surface area contributed by atoms with Gasteiger partial charge in [0.15, 0.2) is 0 Å². The number of ether oxygens (including phenoxy) is 1. The van der Waals surface area contributed by atoms with Gasteiger partial charge >= 0.3 is 0 Å². The van der Waals surface area contributed by atoms with Gasteiger partial charge in [-0.25, -0.2) is 4.39 Å². The van der Waals surface area contributed by atoms with E-state index in [1.54, 1.807) is 6.07 Å². The molecule has 2 rings (SSSR count). The van der Waals surface area contributed by atoms with Gasteiger partial charge in [0.2, 0.25) is 0 Å². The molecule has 0 aliphatic carbocycles. The summed E-state index contributed by atoms with van der Waals surface area (Å²) in [6, 6.07) is 9.52. The van der Waals surface area contributed by atoms with Gasteiger partial charge in [0, 0.05) is 14.1 Å². The van der Waals surface area contributed by atoms with Gasteiger partial charge < -0.3 is 10.1 Å². The molecule has 20 heavy (non-hydrogen) atoms. The third kappa shape index (κ3) is 3.49. The number of amides is 1. The van der Waals surface area contributed by atoms with Gasteiger partial charge in [-0.05, 0) is 52.9 Å². The van der Waals surface area contributed by atoms with E-state index >= 15 is 0 Å². The summed E-state index contributed by atoms with van der Waals surface area (Å²) in [6.45, 7) is 0. The van der Waals surface area contributed by atoms with E-state index in [0.717, 1.165) is 8.04 Å². The molecule has 3 nitrogen and oxygen atoms in total. The van der Waals surface area contributed by atoms with Crippen molar-refractivity contribution in [2.45, 2.75) is 0 Å². The maximum Gasteiger partial charge on any atom is 0.256 e. The van der Waals surface area contributed by atoms with Crippen LogP contribution >= 0.6 is 38.5 Å². The monoisotopic (exact) mass is 449 g/mol. The SMILES string of the molecule is COc1ccc(F)c(NC(=O)c2cc(Br)ccc2I)c1. The zero-order chi connectivity index (χ0) is 14.7. The Bertz CT molecular complexity index is 664. The Morgan fingerprint density at radius 1 is 1.30 bits per heavy atom. The maximum absolute atomic E-state index is 13.7. The molecule has 0 atom stereocenters. The number of methoxy groups -OCH3 is 1. The molecule has 0 aliphatic rings. The highest BCUT2D eigenvalue weighted by Crippen LogP contribution is 2.23. The van der Waals surface area contributed by atoms with Gasteiger partial charge in [-0.15, -0.1) is 0 Å². The molecule has 0 heterocycles. The molecule has 0 aliphatic heterocycles. The fourth-order valence-corrected chi connectivity index (χ4v) is 2.53. The minimum atomic E-state index is -0.510. The molecule has 1 amide bonds. The first kappa shape index (κ1) is 15.2. The van der Waals surface area contributed by atoms with E-state index in [2.05, 4.69) is 43.8 Å². The topological polar surface area (TPSA) is 38.3 Å². The van der Waals surface area contributed by atoms with Gasteiger partial charge in [0.1, 0.15) is 11.6 Å². The van der Waals surface area contributed by atoms with E-state index < -0.39 is 5.82 Å². The smallest absolute Gasteiger partial charge is 0.256 e. The minimum Gasteiger partial charge on any atom is -0.497 e. The van der Waals surface area contributed by atoms with Crippen LogP contribution in [0.15, 0.2) is 40.9 Å². The van der Waals surface area contributed by atoms with Crippen molar-refractivity contribution >= 4 is 50.1 Å². The van der Waals surface area contributed by atoms with Gasteiger partial charge in [0.05, 0.1) is 18.4 Å². The van der Waals surface area contributed by atoms with Crippen molar-refractivity contribution in [1.29, 1.82) is 0 Å². The lowest BCUT2D eigenvalue weighted by Crippen LogP contribution is -2.14. The third-order valence-corrected chi connectivity index (χ3v) is 4.03. The van der Waals surface area contributed by atoms with Crippen LogP contribution in [-0.2, 0) is 0 Å². The fourth-order valence-electron chi connectivity index (χ4n) is 1.59. The first-order valence-electron chi connectivity index (χ1n) is 5.61. The molecule has 0 saturated carbocycles. The predicted octanol–water partition coefficient (Wildman–Crippen LogP) is 4.45. The Labute approximate surface area is 137 Å². The molecule has 0 bridgehead atoms. The van der Waals surface area contributed by atoms with Crippen molar-refractivity contribution < 1.29 is 13.9 Å². The fraction of sp³-hybridized carbons (Fsp3) is 0.0714. The summed E-state index contributed by atoms with van der Waals surface area (Å²) in [5.41, 5.74) is 0.562. The number of hydrogen-bond donors (Lipinski definition) is 1. The van der Waals surface area contributed by atoms with Crippen molar-refractivity contribution in [3.63, 3.8) is 0 Å². The second-order valence-corrected chi connectivity index (χ2v) is 6.00. The van der Waals surface area contributed by atoms with E-state index in [9.17, 15) is 9.18 Å². The molecule has 0 fully saturated rings. The summed E-state index contributed by atoms with van der Waals surface area (Å²) in [6.07, 6.45) is 0. The van der Waals surface area contributed by atoms with Crippen molar-refractivity contribution in [1.82, 2.24) is 0 Å². The summed E-state index contributed by atoms with van der Waals surface area (Å²) < 4.78 is 20.3. The molecule has 1 N–H and O–H groups in total. The number of anilines is 1. The standard InChI is InChI=1S/C14H10BrFINO2/c1-20-9-3-4-11(16)13(7-9)18-14(19)10-6-8(15)2-5-12(10)17/h2-7H,1H3,(H,18,19). The Morgan fingerprint density at radius 3 is 2.75 bits per heavy atom. The highest BCUT2D eigenvalue weighted by atomic mass is 127. The zero-order valence-corrected chi connectivity index (χ0v) is 14.2. The quantitative estimate of drug-likeness (QED) is 0.703. The lowest BCUT2D eigenvalue weighted by atomic mass is 10.2. The van der Waals surface area contributed by atoms with Gasteiger partial charge in [-0.2, -0.15) is 0 Å². The van der Waals surface area contributed by atoms with Gasteiger partial charge in [-0.1, -0.05) is 15.9 Å². The molecule has 0 spiro atoms. The molecule has 104 valence electrons. The number of halogens is 3. The van der Waals surface area contributed by atoms with Crippen molar-refractivity contribution in [2.24, 2.45) is 0 Å². The number of carbonyl (C=O) groups is 1. The molecular weight excluding hydrogens is 440 g/mol. The maximum atomic E-state index is 13.7. The number of carbonyl (C=O) groups excluding carboxylic acids is 1. The van der Waals surface area contributed by atoms with E-state index in [1.165, 1.54) is 25.3 Å². The predicted molar refractivity (Wildman–Crippen MR) is 87.8 cm³/mol. The Balaban J connectivity index is 2.30. The zero-order valence-electron chi connectivity index (χ0n) is 10.4. The summed E-state index contributed by atoms with van der Waals surface area (Å²) in [5, 5.41) is 2.55. The van der Waals surface area contributed by atoms with Crippen molar-refractivity contribution in [3.8, 4) is 5.75 Å². The second kappa shape index (κ2) is 6.53. The van der Waals surface area contributed by atoms with Crippen molar-refractivity contribution in [3.05, 3.63) is 55.8 Å². The van der Waals surface area contributed by atoms with Crippen LogP contribution in [0.4, 0.5) is 10.1 Å². The van der Waals surface area contributed by atoms with Crippen LogP contribution < -0.4 is 10.1 Å². The Hall–Kier alpha value is -1.15. The third-order valence-electron chi connectivity index (χ3n) is 2.59. The lowest BCUT2D eigenvalue weighted by Gasteiger charge is -2.09. The number of benzene rings is 2. The first-order chi connectivity index (χ1) is 9.51. The highest BCUT2D eigenvalue weighted by molar-refractivity contribution is 14.1. The average molecular weight is 450 g/mol. The van der Waals surface area contributed by atoms with Crippen LogP contribution in [0.2, 0.25) is 0 Å². The number of nitrogens with one attached hydrogen (secondary N) is 1. The largest absolute Gasteiger partial charge is 0.497 e. The van der Waals surface area contributed by atoms with Crippen LogP contribution in [0.5, 0.6) is 5.75 Å². The average Bonchev–Trinajstić information content (AvgIpc) is 2.43. The van der Waals surface area contributed by atoms with Crippen LogP contribution in [0.1, 0.15) is 10.4 Å². The number of hydrogen-bond acceptors (Lipinski definition) is 2. The lowest BCUT2D eigenvalue weighted by molar-refractivity contribution is 0.102. The Morgan fingerprint density at radius 2 is 2.05 bits per heavy atom. The van der Waals surface area contributed by atoms with E-state index in [0.29, 0.717) is 11.3 Å². The van der Waals surface area contributed by atoms with Crippen LogP contribution in [-0.4, -0.2) is 13.0 Å². The minimum absolute atomic E-state index is 0.0881. The molecular formula is C14H10BrFINO2. The molecule has 0 radical (unpaired) electrons. The first-order valence-corrected chi connectivity index (χ1v) is 7.48. The summed E-state index contributed by atoms with van der Waals surface area (Å²) >= 11 is 5.37. The van der Waals surface area contributed by atoms with Crippen LogP contribution in [0.25, 0.3) is 0 Å². The summed E-state index contributed by atoms with van der Waals surface area (Å²) in [4.78, 5) is 12.2. The second-order valence-electron chi connectivity index (χ2n) is 3.92. The molecule has 0 aromatic heterocycles. The molecule has 0 saturated heterocycles. The van der Waals surface area contributed by atoms with E-state index in [-0.39, 0.29) is 11.6 Å². The molecule has 2 aromatic rings. The molecule has 0 unspecified atom stereocenters. The van der Waals surface area contributed by atoms with Gasteiger partial charge in [-0.3, -0.25) is 4.79 Å². The van der Waals surface area contributed by atoms with Crippen molar-refractivity contribution in [2.75, 3.05) is 12.4 Å². The van der Waals surface area contributed by atoms with Crippen LogP contribution in [0.3, 0.4) is 0 Å². The molecule has 2 aromatic carbocycles. The molecule has 6 heteroatoms. The van der Waals surface area contributed by atoms with Crippen LogP contribution in [0, 0.1) is 9.39 Å². The number of rotatable bonds is 3. The van der Waals surface area contributed by atoms with Gasteiger partial charge in [0.25, 0.3) is 5.91 Å². The summed E-state index contributed by atoms with van der Waals surface area (Å²) in [5.74, 6) is -0.405.